The molecule has 0 heterocycles. The van der Waals surface area contributed by atoms with Gasteiger partial charge in [0.05, 0.1) is 6.04 Å². The Balaban J connectivity index is 2.50. The van der Waals surface area contributed by atoms with Crippen LogP contribution in [0.3, 0.4) is 0 Å². The molecule has 0 saturated heterocycles. The van der Waals surface area contributed by atoms with E-state index >= 15 is 0 Å². The molecular weight excluding hydrogens is 244 g/mol. The fraction of sp³-hybridized carbons (Fsp3) is 0.250. The summed E-state index contributed by atoms with van der Waals surface area (Å²) in [6, 6.07) is 9.34. The molecule has 1 nitrogen and oxygen atoms in total. The van der Waals surface area contributed by atoms with Crippen LogP contribution in [0.5, 0.6) is 0 Å². The first-order valence-electron chi connectivity index (χ1n) is 6.33. The minimum absolute atomic E-state index is 0.198. The van der Waals surface area contributed by atoms with E-state index in [1.165, 1.54) is 19.1 Å². The van der Waals surface area contributed by atoms with Gasteiger partial charge in [-0.25, -0.2) is 8.78 Å². The van der Waals surface area contributed by atoms with Gasteiger partial charge in [0.15, 0.2) is 0 Å². The lowest BCUT2D eigenvalue weighted by Crippen LogP contribution is -2.16. The van der Waals surface area contributed by atoms with Crippen LogP contribution in [-0.4, -0.2) is 0 Å². The Labute approximate surface area is 112 Å². The molecular formula is C16H17F2N. The molecule has 0 aromatic heterocycles. The number of rotatable bonds is 3. The van der Waals surface area contributed by atoms with Crippen molar-refractivity contribution in [3.05, 3.63) is 70.3 Å². The quantitative estimate of drug-likeness (QED) is 0.891. The van der Waals surface area contributed by atoms with Gasteiger partial charge in [-0.2, -0.15) is 0 Å². The topological polar surface area (TPSA) is 26.0 Å². The summed E-state index contributed by atoms with van der Waals surface area (Å²) in [5.41, 5.74) is 8.48. The van der Waals surface area contributed by atoms with Crippen LogP contribution in [0.1, 0.15) is 35.2 Å². The minimum atomic E-state index is -0.647. The molecule has 0 radical (unpaired) electrons. The van der Waals surface area contributed by atoms with Crippen molar-refractivity contribution in [3.63, 3.8) is 0 Å². The largest absolute Gasteiger partial charge is 0.320 e. The lowest BCUT2D eigenvalue weighted by atomic mass is 9.93. The van der Waals surface area contributed by atoms with Crippen molar-refractivity contribution >= 4 is 0 Å². The normalized spacial score (nSPS) is 12.5. The van der Waals surface area contributed by atoms with Gasteiger partial charge in [-0.1, -0.05) is 31.2 Å². The summed E-state index contributed by atoms with van der Waals surface area (Å²) in [5, 5.41) is 0. The van der Waals surface area contributed by atoms with Crippen molar-refractivity contribution in [1.82, 2.24) is 0 Å². The lowest BCUT2D eigenvalue weighted by molar-refractivity contribution is 0.570. The van der Waals surface area contributed by atoms with Crippen LogP contribution < -0.4 is 5.73 Å². The molecule has 0 spiro atoms. The minimum Gasteiger partial charge on any atom is -0.320 e. The highest BCUT2D eigenvalue weighted by atomic mass is 19.1. The Kier molecular flexibility index (Phi) is 3.96. The van der Waals surface area contributed by atoms with Crippen LogP contribution in [0.4, 0.5) is 8.78 Å². The van der Waals surface area contributed by atoms with E-state index in [1.54, 1.807) is 0 Å². The SMILES string of the molecule is CCc1ccccc1C(N)c1cc(F)c(C)cc1F. The van der Waals surface area contributed by atoms with E-state index in [9.17, 15) is 8.78 Å². The Morgan fingerprint density at radius 1 is 1.05 bits per heavy atom. The molecule has 1 unspecified atom stereocenters. The second-order valence-corrected chi connectivity index (χ2v) is 4.65. The molecule has 0 bridgehead atoms. The number of aryl methyl sites for hydroxylation is 2. The molecule has 0 aliphatic rings. The second kappa shape index (κ2) is 5.49. The average molecular weight is 261 g/mol. The van der Waals surface area contributed by atoms with E-state index in [0.717, 1.165) is 17.5 Å². The van der Waals surface area contributed by atoms with Gasteiger partial charge in [0, 0.05) is 5.56 Å². The summed E-state index contributed by atoms with van der Waals surface area (Å²) < 4.78 is 27.6. The summed E-state index contributed by atoms with van der Waals surface area (Å²) in [6.07, 6.45) is 0.805. The van der Waals surface area contributed by atoms with E-state index in [0.29, 0.717) is 0 Å². The first-order valence-corrected chi connectivity index (χ1v) is 6.33. The van der Waals surface area contributed by atoms with Crippen molar-refractivity contribution in [1.29, 1.82) is 0 Å². The highest BCUT2D eigenvalue weighted by Crippen LogP contribution is 2.27. The van der Waals surface area contributed by atoms with E-state index < -0.39 is 17.7 Å². The van der Waals surface area contributed by atoms with Crippen molar-refractivity contribution < 1.29 is 8.78 Å². The van der Waals surface area contributed by atoms with Crippen LogP contribution in [0.25, 0.3) is 0 Å². The molecule has 0 saturated carbocycles. The maximum atomic E-state index is 14.0. The third-order valence-corrected chi connectivity index (χ3v) is 3.38. The van der Waals surface area contributed by atoms with Gasteiger partial charge in [0.25, 0.3) is 0 Å². The van der Waals surface area contributed by atoms with Crippen LogP contribution in [0.2, 0.25) is 0 Å². The lowest BCUT2D eigenvalue weighted by Gasteiger charge is -2.17. The van der Waals surface area contributed by atoms with E-state index in [-0.39, 0.29) is 11.1 Å². The van der Waals surface area contributed by atoms with Gasteiger partial charge in [-0.15, -0.1) is 0 Å². The smallest absolute Gasteiger partial charge is 0.128 e. The molecule has 0 aliphatic carbocycles. The molecule has 0 fully saturated rings. The summed E-state index contributed by atoms with van der Waals surface area (Å²) >= 11 is 0. The summed E-state index contributed by atoms with van der Waals surface area (Å²) in [7, 11) is 0. The van der Waals surface area contributed by atoms with Crippen LogP contribution in [0, 0.1) is 18.6 Å². The highest BCUT2D eigenvalue weighted by molar-refractivity contribution is 5.39. The van der Waals surface area contributed by atoms with E-state index in [2.05, 4.69) is 0 Å². The third kappa shape index (κ3) is 2.66. The Morgan fingerprint density at radius 2 is 1.74 bits per heavy atom. The van der Waals surface area contributed by atoms with Gasteiger partial charge in [0.1, 0.15) is 11.6 Å². The molecule has 0 aliphatic heterocycles. The predicted molar refractivity (Wildman–Crippen MR) is 72.9 cm³/mol. The standard InChI is InChI=1S/C16H17F2N/c1-3-11-6-4-5-7-12(11)16(19)13-9-14(17)10(2)8-15(13)18/h4-9,16H,3,19H2,1-2H3. The number of halogens is 2. The van der Waals surface area contributed by atoms with Crippen LogP contribution in [-0.2, 0) is 6.42 Å². The second-order valence-electron chi connectivity index (χ2n) is 4.65. The maximum Gasteiger partial charge on any atom is 0.128 e. The highest BCUT2D eigenvalue weighted by Gasteiger charge is 2.17. The number of benzene rings is 2. The zero-order valence-corrected chi connectivity index (χ0v) is 11.1. The molecule has 2 aromatic rings. The van der Waals surface area contributed by atoms with Gasteiger partial charge in [-0.3, -0.25) is 0 Å². The zero-order chi connectivity index (χ0) is 14.0. The van der Waals surface area contributed by atoms with Gasteiger partial charge < -0.3 is 5.73 Å². The molecule has 2 N–H and O–H groups in total. The Morgan fingerprint density at radius 3 is 2.42 bits per heavy atom. The summed E-state index contributed by atoms with van der Waals surface area (Å²) in [6.45, 7) is 3.55. The molecule has 2 rings (SSSR count). The molecule has 19 heavy (non-hydrogen) atoms. The van der Waals surface area contributed by atoms with E-state index in [1.807, 2.05) is 31.2 Å². The van der Waals surface area contributed by atoms with Crippen LogP contribution in [0.15, 0.2) is 36.4 Å². The number of hydrogen-bond acceptors (Lipinski definition) is 1. The number of hydrogen-bond donors (Lipinski definition) is 1. The van der Waals surface area contributed by atoms with Gasteiger partial charge in [-0.05, 0) is 42.2 Å². The number of nitrogens with two attached hydrogens (primary N) is 1. The fourth-order valence-corrected chi connectivity index (χ4v) is 2.23. The first-order chi connectivity index (χ1) is 9.04. The molecule has 100 valence electrons. The van der Waals surface area contributed by atoms with Gasteiger partial charge in [0.2, 0.25) is 0 Å². The molecule has 0 amide bonds. The monoisotopic (exact) mass is 261 g/mol. The van der Waals surface area contributed by atoms with Gasteiger partial charge >= 0.3 is 0 Å². The predicted octanol–water partition coefficient (Wildman–Crippen LogP) is 3.88. The Hall–Kier alpha value is -1.74. The van der Waals surface area contributed by atoms with Crippen molar-refractivity contribution in [2.45, 2.75) is 26.3 Å². The third-order valence-electron chi connectivity index (χ3n) is 3.38. The van der Waals surface area contributed by atoms with Crippen molar-refractivity contribution in [2.24, 2.45) is 5.73 Å². The van der Waals surface area contributed by atoms with Crippen LogP contribution >= 0.6 is 0 Å². The summed E-state index contributed by atoms with van der Waals surface area (Å²) in [5.74, 6) is -0.891. The average Bonchev–Trinajstić information content (AvgIpc) is 2.42. The molecule has 3 heteroatoms. The zero-order valence-electron chi connectivity index (χ0n) is 11.1. The fourth-order valence-electron chi connectivity index (χ4n) is 2.23. The van der Waals surface area contributed by atoms with Crippen molar-refractivity contribution in [3.8, 4) is 0 Å². The first kappa shape index (κ1) is 13.7. The Bertz CT molecular complexity index is 593. The summed E-state index contributed by atoms with van der Waals surface area (Å²) in [4.78, 5) is 0. The maximum absolute atomic E-state index is 14.0. The molecule has 2 aromatic carbocycles. The molecule has 1 atom stereocenters. The van der Waals surface area contributed by atoms with E-state index in [4.69, 9.17) is 5.73 Å². The van der Waals surface area contributed by atoms with Crippen molar-refractivity contribution in [2.75, 3.05) is 0 Å².